The summed E-state index contributed by atoms with van der Waals surface area (Å²) in [5.74, 6) is 0.128. The number of hydrogen-bond acceptors (Lipinski definition) is 5. The average molecular weight is 390 g/mol. The first-order valence-corrected chi connectivity index (χ1v) is 9.82. The molecule has 1 fully saturated rings. The van der Waals surface area contributed by atoms with Gasteiger partial charge in [-0.1, -0.05) is 6.07 Å². The predicted octanol–water partition coefficient (Wildman–Crippen LogP) is 2.13. The fourth-order valence-electron chi connectivity index (χ4n) is 3.06. The maximum absolute atomic E-state index is 12.4. The zero-order chi connectivity index (χ0) is 20.5. The Balaban J connectivity index is 1.68. The van der Waals surface area contributed by atoms with Crippen molar-refractivity contribution in [2.75, 3.05) is 26.3 Å². The highest BCUT2D eigenvalue weighted by molar-refractivity contribution is 5.81. The second-order valence-electron chi connectivity index (χ2n) is 7.06. The molecule has 7 nitrogen and oxygen atoms in total. The molecule has 1 aromatic carbocycles. The molecule has 2 amide bonds. The van der Waals surface area contributed by atoms with Gasteiger partial charge in [-0.2, -0.15) is 0 Å². The molecule has 154 valence electrons. The highest BCUT2D eigenvalue weighted by Crippen LogP contribution is 2.17. The second-order valence-corrected chi connectivity index (χ2v) is 7.06. The number of nitrogens with zero attached hydrogens (tertiary/aromatic N) is 1. The third kappa shape index (κ3) is 6.87. The van der Waals surface area contributed by atoms with E-state index in [2.05, 4.69) is 5.32 Å². The van der Waals surface area contributed by atoms with Gasteiger partial charge in [0, 0.05) is 25.6 Å². The van der Waals surface area contributed by atoms with Crippen molar-refractivity contribution < 1.29 is 23.9 Å². The van der Waals surface area contributed by atoms with Gasteiger partial charge in [-0.05, 0) is 56.9 Å². The normalized spacial score (nSPS) is 14.5. The number of nitrogens with one attached hydrogen (secondary N) is 1. The van der Waals surface area contributed by atoms with Crippen molar-refractivity contribution in [1.82, 2.24) is 10.2 Å². The first kappa shape index (κ1) is 21.7. The van der Waals surface area contributed by atoms with E-state index in [1.54, 1.807) is 11.8 Å². The minimum absolute atomic E-state index is 0.0130. The van der Waals surface area contributed by atoms with Crippen molar-refractivity contribution in [2.45, 2.75) is 52.5 Å². The summed E-state index contributed by atoms with van der Waals surface area (Å²) >= 11 is 0. The van der Waals surface area contributed by atoms with Gasteiger partial charge < -0.3 is 19.7 Å². The van der Waals surface area contributed by atoms with Crippen molar-refractivity contribution in [1.29, 1.82) is 0 Å². The Morgan fingerprint density at radius 1 is 1.11 bits per heavy atom. The van der Waals surface area contributed by atoms with Crippen LogP contribution in [0, 0.1) is 13.8 Å². The maximum Gasteiger partial charge on any atom is 0.306 e. The molecule has 28 heavy (non-hydrogen) atoms. The zero-order valence-electron chi connectivity index (χ0n) is 17.0. The molecule has 0 radical (unpaired) electrons. The Labute approximate surface area is 166 Å². The third-order valence-corrected chi connectivity index (χ3v) is 4.91. The highest BCUT2D eigenvalue weighted by atomic mass is 16.5. The van der Waals surface area contributed by atoms with Crippen LogP contribution in [0.3, 0.4) is 0 Å². The smallest absolute Gasteiger partial charge is 0.306 e. The molecule has 1 aliphatic rings. The van der Waals surface area contributed by atoms with E-state index < -0.39 is 0 Å². The summed E-state index contributed by atoms with van der Waals surface area (Å²) in [4.78, 5) is 37.3. The minimum Gasteiger partial charge on any atom is -0.484 e. The number of carbonyl (C=O) groups excluding carboxylic acids is 3. The Morgan fingerprint density at radius 3 is 2.46 bits per heavy atom. The van der Waals surface area contributed by atoms with Crippen LogP contribution in [-0.2, 0) is 19.1 Å². The maximum atomic E-state index is 12.4. The fourth-order valence-corrected chi connectivity index (χ4v) is 3.06. The van der Waals surface area contributed by atoms with Crippen LogP contribution >= 0.6 is 0 Å². The SMILES string of the molecule is CCOC(=O)CCC(=O)NC1CCN(C(=O)COc2ccc(C)c(C)c2)CC1. The number of benzene rings is 1. The summed E-state index contributed by atoms with van der Waals surface area (Å²) in [5, 5.41) is 2.93. The first-order valence-electron chi connectivity index (χ1n) is 9.82. The van der Waals surface area contributed by atoms with Gasteiger partial charge in [-0.25, -0.2) is 0 Å². The molecule has 1 saturated heterocycles. The largest absolute Gasteiger partial charge is 0.484 e. The lowest BCUT2D eigenvalue weighted by Crippen LogP contribution is -2.47. The number of amides is 2. The van der Waals surface area contributed by atoms with Crippen LogP contribution in [0.1, 0.15) is 43.7 Å². The Morgan fingerprint density at radius 2 is 1.82 bits per heavy atom. The summed E-state index contributed by atoms with van der Waals surface area (Å²) < 4.78 is 10.4. The monoisotopic (exact) mass is 390 g/mol. The first-order chi connectivity index (χ1) is 13.4. The Kier molecular flexibility index (Phi) is 8.29. The van der Waals surface area contributed by atoms with Crippen molar-refractivity contribution in [3.63, 3.8) is 0 Å². The Hall–Kier alpha value is -2.57. The summed E-state index contributed by atoms with van der Waals surface area (Å²) in [6.45, 7) is 7.27. The number of ether oxygens (including phenoxy) is 2. The average Bonchev–Trinajstić information content (AvgIpc) is 2.68. The van der Waals surface area contributed by atoms with Crippen LogP contribution in [0.15, 0.2) is 18.2 Å². The van der Waals surface area contributed by atoms with Gasteiger partial charge in [0.25, 0.3) is 5.91 Å². The summed E-state index contributed by atoms with van der Waals surface area (Å²) in [6.07, 6.45) is 1.61. The topological polar surface area (TPSA) is 84.9 Å². The van der Waals surface area contributed by atoms with Crippen LogP contribution in [0.4, 0.5) is 0 Å². The number of esters is 1. The van der Waals surface area contributed by atoms with E-state index in [-0.39, 0.29) is 43.3 Å². The van der Waals surface area contributed by atoms with E-state index in [0.717, 1.165) is 5.56 Å². The van der Waals surface area contributed by atoms with Crippen LogP contribution in [-0.4, -0.2) is 55.0 Å². The molecule has 7 heteroatoms. The second kappa shape index (κ2) is 10.7. The van der Waals surface area contributed by atoms with Gasteiger partial charge >= 0.3 is 5.97 Å². The lowest BCUT2D eigenvalue weighted by Gasteiger charge is -2.32. The summed E-state index contributed by atoms with van der Waals surface area (Å²) in [5.41, 5.74) is 2.31. The molecule has 1 aliphatic heterocycles. The van der Waals surface area contributed by atoms with Gasteiger partial charge in [0.15, 0.2) is 6.61 Å². The molecule has 0 saturated carbocycles. The molecule has 2 rings (SSSR count). The van der Waals surface area contributed by atoms with E-state index in [4.69, 9.17) is 9.47 Å². The highest BCUT2D eigenvalue weighted by Gasteiger charge is 2.24. The van der Waals surface area contributed by atoms with Gasteiger partial charge in [-0.3, -0.25) is 14.4 Å². The lowest BCUT2D eigenvalue weighted by molar-refractivity contribution is -0.144. The van der Waals surface area contributed by atoms with Gasteiger partial charge in [0.1, 0.15) is 5.75 Å². The Bertz CT molecular complexity index is 696. The number of likely N-dealkylation sites (tertiary alicyclic amines) is 1. The molecule has 1 N–H and O–H groups in total. The summed E-state index contributed by atoms with van der Waals surface area (Å²) in [7, 11) is 0. The lowest BCUT2D eigenvalue weighted by atomic mass is 10.0. The number of rotatable bonds is 8. The molecular formula is C21H30N2O5. The molecule has 0 aromatic heterocycles. The molecular weight excluding hydrogens is 360 g/mol. The van der Waals surface area contributed by atoms with E-state index in [1.807, 2.05) is 32.0 Å². The van der Waals surface area contributed by atoms with Gasteiger partial charge in [0.2, 0.25) is 5.91 Å². The molecule has 0 unspecified atom stereocenters. The fraction of sp³-hybridized carbons (Fsp3) is 0.571. The van der Waals surface area contributed by atoms with Gasteiger partial charge in [-0.15, -0.1) is 0 Å². The molecule has 0 aliphatic carbocycles. The van der Waals surface area contributed by atoms with Crippen molar-refractivity contribution in [2.24, 2.45) is 0 Å². The minimum atomic E-state index is -0.359. The standard InChI is InChI=1S/C21H30N2O5/c1-4-27-21(26)8-7-19(24)22-17-9-11-23(12-10-17)20(25)14-28-18-6-5-15(2)16(3)13-18/h5-6,13,17H,4,7-12,14H2,1-3H3,(H,22,24). The van der Waals surface area contributed by atoms with Crippen LogP contribution in [0.25, 0.3) is 0 Å². The zero-order valence-corrected chi connectivity index (χ0v) is 17.0. The number of carbonyl (C=O) groups is 3. The predicted molar refractivity (Wildman–Crippen MR) is 105 cm³/mol. The van der Waals surface area contributed by atoms with Crippen molar-refractivity contribution >= 4 is 17.8 Å². The molecule has 0 spiro atoms. The third-order valence-electron chi connectivity index (χ3n) is 4.91. The van der Waals surface area contributed by atoms with Crippen molar-refractivity contribution in [3.05, 3.63) is 29.3 Å². The van der Waals surface area contributed by atoms with E-state index in [9.17, 15) is 14.4 Å². The molecule has 0 atom stereocenters. The van der Waals surface area contributed by atoms with E-state index in [1.165, 1.54) is 5.56 Å². The van der Waals surface area contributed by atoms with Crippen molar-refractivity contribution in [3.8, 4) is 5.75 Å². The molecule has 1 heterocycles. The van der Waals surface area contributed by atoms with Crippen LogP contribution in [0.5, 0.6) is 5.75 Å². The van der Waals surface area contributed by atoms with E-state index in [0.29, 0.717) is 38.3 Å². The quantitative estimate of drug-likeness (QED) is 0.688. The van der Waals surface area contributed by atoms with Gasteiger partial charge in [0.05, 0.1) is 13.0 Å². The number of hydrogen-bond donors (Lipinski definition) is 1. The van der Waals surface area contributed by atoms with Crippen LogP contribution in [0.2, 0.25) is 0 Å². The molecule has 1 aromatic rings. The molecule has 0 bridgehead atoms. The number of aryl methyl sites for hydroxylation is 2. The van der Waals surface area contributed by atoms with E-state index >= 15 is 0 Å². The summed E-state index contributed by atoms with van der Waals surface area (Å²) in [6, 6.07) is 5.80. The number of piperidine rings is 1. The van der Waals surface area contributed by atoms with Crippen LogP contribution < -0.4 is 10.1 Å².